The van der Waals surface area contributed by atoms with E-state index >= 15 is 0 Å². The van der Waals surface area contributed by atoms with Gasteiger partial charge < -0.3 is 4.74 Å². The Balaban J connectivity index is 2.06. The molecule has 1 aromatic carbocycles. The molecule has 1 aromatic heterocycles. The van der Waals surface area contributed by atoms with Gasteiger partial charge in [0, 0.05) is 11.8 Å². The summed E-state index contributed by atoms with van der Waals surface area (Å²) in [5, 5.41) is 0.379. The molecule has 100 valence electrons. The Bertz CT molecular complexity index is 528. The van der Waals surface area contributed by atoms with Crippen LogP contribution in [0.4, 0.5) is 0 Å². The number of aromatic nitrogens is 2. The summed E-state index contributed by atoms with van der Waals surface area (Å²) in [7, 11) is 1.91. The number of halogens is 1. The molecule has 4 nitrogen and oxygen atoms in total. The molecule has 0 unspecified atom stereocenters. The first kappa shape index (κ1) is 14.1. The van der Waals surface area contributed by atoms with Crippen molar-refractivity contribution in [1.82, 2.24) is 14.7 Å². The van der Waals surface area contributed by atoms with Crippen LogP contribution < -0.4 is 9.46 Å². The van der Waals surface area contributed by atoms with Gasteiger partial charge in [0.2, 0.25) is 5.88 Å². The number of hydrogen-bond donors (Lipinski definition) is 1. The summed E-state index contributed by atoms with van der Waals surface area (Å²) < 4.78 is 8.68. The third-order valence-electron chi connectivity index (χ3n) is 2.31. The second kappa shape index (κ2) is 6.75. The van der Waals surface area contributed by atoms with Gasteiger partial charge in [-0.05, 0) is 31.7 Å². The summed E-state index contributed by atoms with van der Waals surface area (Å²) in [5.74, 6) is 2.68. The van der Waals surface area contributed by atoms with Crippen LogP contribution in [0, 0.1) is 6.92 Å². The summed E-state index contributed by atoms with van der Waals surface area (Å²) in [4.78, 5) is 8.16. The van der Waals surface area contributed by atoms with Gasteiger partial charge in [-0.1, -0.05) is 35.7 Å². The lowest BCUT2D eigenvalue weighted by atomic mass is 10.2. The normalized spacial score (nSPS) is 10.5. The van der Waals surface area contributed by atoms with E-state index in [1.165, 1.54) is 5.56 Å². The molecule has 0 amide bonds. The number of benzene rings is 1. The average molecular weight is 296 g/mol. The minimum atomic E-state index is 0.379. The Kier molecular flexibility index (Phi) is 5.01. The van der Waals surface area contributed by atoms with E-state index in [1.807, 2.05) is 31.3 Å². The Hall–Kier alpha value is -1.30. The number of rotatable bonds is 5. The number of nitrogens with zero attached hydrogens (tertiary/aromatic N) is 2. The molecule has 19 heavy (non-hydrogen) atoms. The van der Waals surface area contributed by atoms with Gasteiger partial charge in [0.1, 0.15) is 16.7 Å². The minimum absolute atomic E-state index is 0.379. The van der Waals surface area contributed by atoms with Crippen LogP contribution in [-0.4, -0.2) is 17.0 Å². The summed E-state index contributed by atoms with van der Waals surface area (Å²) in [6.45, 7) is 1.77. The molecule has 0 atom stereocenters. The highest BCUT2D eigenvalue weighted by Gasteiger charge is 2.03. The lowest BCUT2D eigenvalue weighted by Crippen LogP contribution is -1.94. The van der Waals surface area contributed by atoms with Gasteiger partial charge in [-0.15, -0.1) is 0 Å². The van der Waals surface area contributed by atoms with Crippen LogP contribution in [0.5, 0.6) is 11.6 Å². The molecule has 1 N–H and O–H groups in total. The Morgan fingerprint density at radius 1 is 1.26 bits per heavy atom. The van der Waals surface area contributed by atoms with Crippen molar-refractivity contribution in [3.05, 3.63) is 46.9 Å². The zero-order chi connectivity index (χ0) is 13.7. The molecule has 0 aliphatic carbocycles. The monoisotopic (exact) mass is 295 g/mol. The van der Waals surface area contributed by atoms with E-state index in [1.54, 1.807) is 24.9 Å². The van der Waals surface area contributed by atoms with Gasteiger partial charge >= 0.3 is 0 Å². The Morgan fingerprint density at radius 2 is 2.00 bits per heavy atom. The molecular weight excluding hydrogens is 282 g/mol. The molecule has 0 fully saturated rings. The first-order chi connectivity index (χ1) is 9.17. The topological polar surface area (TPSA) is 47.0 Å². The maximum atomic E-state index is 5.86. The molecule has 2 rings (SSSR count). The Morgan fingerprint density at radius 3 is 2.63 bits per heavy atom. The van der Waals surface area contributed by atoms with E-state index in [0.717, 1.165) is 11.5 Å². The summed E-state index contributed by atoms with van der Waals surface area (Å²) >= 11 is 7.50. The zero-order valence-corrected chi connectivity index (χ0v) is 12.3. The predicted molar refractivity (Wildman–Crippen MR) is 78.6 cm³/mol. The van der Waals surface area contributed by atoms with E-state index in [0.29, 0.717) is 16.9 Å². The van der Waals surface area contributed by atoms with Crippen molar-refractivity contribution in [3.8, 4) is 11.6 Å². The molecular formula is C13H14ClN3OS. The van der Waals surface area contributed by atoms with Crippen molar-refractivity contribution in [2.45, 2.75) is 12.7 Å². The maximum absolute atomic E-state index is 5.86. The number of aryl methyl sites for hydroxylation is 1. The van der Waals surface area contributed by atoms with Gasteiger partial charge in [-0.25, -0.2) is 4.98 Å². The lowest BCUT2D eigenvalue weighted by molar-refractivity contribution is 0.459. The molecule has 0 radical (unpaired) electrons. The van der Waals surface area contributed by atoms with E-state index in [9.17, 15) is 0 Å². The van der Waals surface area contributed by atoms with Crippen LogP contribution >= 0.6 is 23.5 Å². The fourth-order valence-corrected chi connectivity index (χ4v) is 2.21. The first-order valence-electron chi connectivity index (χ1n) is 5.74. The number of ether oxygens (including phenoxy) is 1. The number of nitrogens with one attached hydrogen (secondary N) is 1. The SMILES string of the molecule is CNSCc1ccc(Oc2cc(Cl)nc(C)n2)cc1. The van der Waals surface area contributed by atoms with E-state index in [2.05, 4.69) is 14.7 Å². The van der Waals surface area contributed by atoms with Gasteiger partial charge in [-0.2, -0.15) is 4.98 Å². The molecule has 6 heteroatoms. The van der Waals surface area contributed by atoms with Gasteiger partial charge in [0.05, 0.1) is 0 Å². The van der Waals surface area contributed by atoms with Crippen LogP contribution in [0.15, 0.2) is 30.3 Å². The van der Waals surface area contributed by atoms with Crippen LogP contribution in [0.3, 0.4) is 0 Å². The molecule has 0 saturated heterocycles. The highest BCUT2D eigenvalue weighted by atomic mass is 35.5. The molecule has 0 aliphatic rings. The van der Waals surface area contributed by atoms with Crippen molar-refractivity contribution in [2.24, 2.45) is 0 Å². The minimum Gasteiger partial charge on any atom is -0.439 e. The highest BCUT2D eigenvalue weighted by Crippen LogP contribution is 2.22. The first-order valence-corrected chi connectivity index (χ1v) is 7.10. The zero-order valence-electron chi connectivity index (χ0n) is 10.7. The van der Waals surface area contributed by atoms with Crippen molar-refractivity contribution in [2.75, 3.05) is 7.05 Å². The Labute approximate surface area is 121 Å². The van der Waals surface area contributed by atoms with E-state index in [4.69, 9.17) is 16.3 Å². The lowest BCUT2D eigenvalue weighted by Gasteiger charge is -2.06. The third kappa shape index (κ3) is 4.38. The third-order valence-corrected chi connectivity index (χ3v) is 3.27. The molecule has 0 saturated carbocycles. The molecule has 0 bridgehead atoms. The van der Waals surface area contributed by atoms with Gasteiger partial charge in [-0.3, -0.25) is 4.72 Å². The predicted octanol–water partition coefficient (Wildman–Crippen LogP) is 3.60. The van der Waals surface area contributed by atoms with Crippen LogP contribution in [0.2, 0.25) is 5.15 Å². The van der Waals surface area contributed by atoms with Gasteiger partial charge in [0.15, 0.2) is 0 Å². The average Bonchev–Trinajstić information content (AvgIpc) is 2.37. The van der Waals surface area contributed by atoms with Crippen LogP contribution in [-0.2, 0) is 5.75 Å². The second-order valence-corrected chi connectivity index (χ2v) is 5.19. The van der Waals surface area contributed by atoms with Crippen LogP contribution in [0.25, 0.3) is 0 Å². The van der Waals surface area contributed by atoms with Crippen molar-refractivity contribution in [1.29, 1.82) is 0 Å². The standard InChI is InChI=1S/C13H14ClN3OS/c1-9-16-12(14)7-13(17-9)18-11-5-3-10(4-6-11)8-19-15-2/h3-7,15H,8H2,1-2H3. The fraction of sp³-hybridized carbons (Fsp3) is 0.231. The molecule has 2 aromatic rings. The van der Waals surface area contributed by atoms with Crippen molar-refractivity contribution < 1.29 is 4.74 Å². The van der Waals surface area contributed by atoms with E-state index < -0.39 is 0 Å². The van der Waals surface area contributed by atoms with Gasteiger partial charge in [0.25, 0.3) is 0 Å². The summed E-state index contributed by atoms with van der Waals surface area (Å²) in [6.07, 6.45) is 0. The smallest absolute Gasteiger partial charge is 0.224 e. The van der Waals surface area contributed by atoms with Crippen molar-refractivity contribution >= 4 is 23.5 Å². The fourth-order valence-electron chi connectivity index (χ4n) is 1.49. The van der Waals surface area contributed by atoms with Crippen molar-refractivity contribution in [3.63, 3.8) is 0 Å². The molecule has 0 spiro atoms. The summed E-state index contributed by atoms with van der Waals surface area (Å²) in [5.41, 5.74) is 1.23. The molecule has 0 aliphatic heterocycles. The number of hydrogen-bond acceptors (Lipinski definition) is 5. The second-order valence-electron chi connectivity index (χ2n) is 3.81. The van der Waals surface area contributed by atoms with Crippen LogP contribution in [0.1, 0.15) is 11.4 Å². The highest BCUT2D eigenvalue weighted by molar-refractivity contribution is 7.96. The maximum Gasteiger partial charge on any atom is 0.224 e. The largest absolute Gasteiger partial charge is 0.439 e. The molecule has 1 heterocycles. The quantitative estimate of drug-likeness (QED) is 0.674. The summed E-state index contributed by atoms with van der Waals surface area (Å²) in [6, 6.07) is 9.47. The van der Waals surface area contributed by atoms with E-state index in [-0.39, 0.29) is 0 Å².